The molecule has 0 aromatic heterocycles. The highest BCUT2D eigenvalue weighted by atomic mass is 32.2. The molecule has 31 heavy (non-hydrogen) atoms. The molecule has 0 amide bonds. The second kappa shape index (κ2) is 9.59. The number of carbonyl (C=O) groups is 2. The second-order valence-electron chi connectivity index (χ2n) is 7.83. The summed E-state index contributed by atoms with van der Waals surface area (Å²) in [5, 5.41) is 5.84. The molecule has 0 spiro atoms. The van der Waals surface area contributed by atoms with Gasteiger partial charge in [-0.2, -0.15) is 17.2 Å². The number of fused-ring (bicyclic) bond motifs is 2. The van der Waals surface area contributed by atoms with E-state index < -0.39 is 82.8 Å². The molecule has 13 heteroatoms. The molecule has 2 aliphatic rings. The van der Waals surface area contributed by atoms with Crippen molar-refractivity contribution in [2.45, 2.75) is 75.2 Å². The number of rotatable bonds is 11. The topological polar surface area (TPSA) is 136 Å². The van der Waals surface area contributed by atoms with E-state index >= 15 is 0 Å². The quantitative estimate of drug-likeness (QED) is 0.337. The van der Waals surface area contributed by atoms with Crippen molar-refractivity contribution < 1.29 is 55.0 Å². The standard InChI is InChI=1S/C18H27F3O9S/c1-3-17(24,4-2)11-8-12(13-7-10(11)16(23)30-13)29-9-15(22)28-6-5-14(19)18(20,21)31(25,26)27/h10-14,24H,3-9H2,1-2H3,(H,25,26,27). The van der Waals surface area contributed by atoms with Crippen LogP contribution in [0.15, 0.2) is 0 Å². The summed E-state index contributed by atoms with van der Waals surface area (Å²) in [5.41, 5.74) is -1.10. The molecule has 5 unspecified atom stereocenters. The lowest BCUT2D eigenvalue weighted by Crippen LogP contribution is -2.48. The van der Waals surface area contributed by atoms with E-state index in [1.165, 1.54) is 0 Å². The summed E-state index contributed by atoms with van der Waals surface area (Å²) in [4.78, 5) is 23.9. The lowest BCUT2D eigenvalue weighted by molar-refractivity contribution is -0.158. The van der Waals surface area contributed by atoms with E-state index in [0.717, 1.165) is 0 Å². The Morgan fingerprint density at radius 1 is 1.29 bits per heavy atom. The van der Waals surface area contributed by atoms with E-state index in [-0.39, 0.29) is 6.42 Å². The Kier molecular flexibility index (Phi) is 7.99. The molecule has 1 aliphatic heterocycles. The van der Waals surface area contributed by atoms with Gasteiger partial charge in [-0.1, -0.05) is 13.8 Å². The zero-order valence-electron chi connectivity index (χ0n) is 17.1. The Morgan fingerprint density at radius 2 is 1.90 bits per heavy atom. The van der Waals surface area contributed by atoms with Crippen molar-refractivity contribution in [2.75, 3.05) is 13.2 Å². The van der Waals surface area contributed by atoms with Crippen LogP contribution in [0, 0.1) is 11.8 Å². The van der Waals surface area contributed by atoms with Crippen LogP contribution in [-0.4, -0.2) is 72.5 Å². The fraction of sp³-hybridized carbons (Fsp3) is 0.889. The third-order valence-electron chi connectivity index (χ3n) is 6.12. The Morgan fingerprint density at radius 3 is 2.45 bits per heavy atom. The van der Waals surface area contributed by atoms with Crippen molar-refractivity contribution >= 4 is 22.1 Å². The van der Waals surface area contributed by atoms with Crippen molar-refractivity contribution in [1.29, 1.82) is 0 Å². The van der Waals surface area contributed by atoms with Gasteiger partial charge in [0.25, 0.3) is 0 Å². The maximum absolute atomic E-state index is 13.4. The average molecular weight is 476 g/mol. The maximum atomic E-state index is 13.4. The monoisotopic (exact) mass is 476 g/mol. The molecule has 5 atom stereocenters. The molecule has 180 valence electrons. The zero-order valence-corrected chi connectivity index (χ0v) is 17.9. The van der Waals surface area contributed by atoms with E-state index in [1.807, 2.05) is 0 Å². The van der Waals surface area contributed by atoms with Crippen molar-refractivity contribution in [3.05, 3.63) is 0 Å². The van der Waals surface area contributed by atoms with E-state index in [1.54, 1.807) is 13.8 Å². The van der Waals surface area contributed by atoms with Crippen LogP contribution in [0.3, 0.4) is 0 Å². The van der Waals surface area contributed by atoms with Crippen LogP contribution >= 0.6 is 0 Å². The molecule has 1 saturated heterocycles. The van der Waals surface area contributed by atoms with Crippen LogP contribution in [0.25, 0.3) is 0 Å². The number of hydrogen-bond donors (Lipinski definition) is 2. The molecular weight excluding hydrogens is 449 g/mol. The van der Waals surface area contributed by atoms with Crippen LogP contribution in [0.1, 0.15) is 46.0 Å². The minimum absolute atomic E-state index is 0.264. The molecular formula is C18H27F3O9S. The predicted molar refractivity (Wildman–Crippen MR) is 98.3 cm³/mol. The summed E-state index contributed by atoms with van der Waals surface area (Å²) in [6.45, 7) is 2.09. The van der Waals surface area contributed by atoms with E-state index in [2.05, 4.69) is 4.74 Å². The highest BCUT2D eigenvalue weighted by Gasteiger charge is 2.55. The smallest absolute Gasteiger partial charge is 0.400 e. The number of hydrogen-bond acceptors (Lipinski definition) is 8. The van der Waals surface area contributed by atoms with Gasteiger partial charge in [-0.15, -0.1) is 0 Å². The van der Waals surface area contributed by atoms with Crippen molar-refractivity contribution in [3.63, 3.8) is 0 Å². The van der Waals surface area contributed by atoms with Gasteiger partial charge in [0.15, 0.2) is 6.17 Å². The molecule has 2 bridgehead atoms. The first-order valence-corrected chi connectivity index (χ1v) is 11.4. The number of ether oxygens (including phenoxy) is 3. The third kappa shape index (κ3) is 5.49. The van der Waals surface area contributed by atoms with E-state index in [0.29, 0.717) is 19.3 Å². The van der Waals surface area contributed by atoms with Gasteiger partial charge < -0.3 is 19.3 Å². The number of esters is 2. The SMILES string of the molecule is CCC(O)(CC)C1CC(OCC(=O)OCCC(F)C(F)(F)S(=O)(=O)O)C2CC1C(=O)O2. The molecule has 9 nitrogen and oxygen atoms in total. The normalized spacial score (nSPS) is 27.6. The third-order valence-corrected chi connectivity index (χ3v) is 7.06. The first-order valence-electron chi connectivity index (χ1n) is 9.95. The predicted octanol–water partition coefficient (Wildman–Crippen LogP) is 1.63. The Labute approximate surface area is 178 Å². The lowest BCUT2D eigenvalue weighted by atomic mass is 9.67. The van der Waals surface area contributed by atoms with Crippen molar-refractivity contribution in [3.8, 4) is 0 Å². The minimum atomic E-state index is -5.94. The molecule has 2 N–H and O–H groups in total. The highest BCUT2D eigenvalue weighted by Crippen LogP contribution is 2.46. The number of carbonyl (C=O) groups excluding carboxylic acids is 2. The lowest BCUT2D eigenvalue weighted by Gasteiger charge is -2.41. The average Bonchev–Trinajstić information content (AvgIpc) is 3.01. The molecule has 1 heterocycles. The van der Waals surface area contributed by atoms with Crippen LogP contribution < -0.4 is 0 Å². The van der Waals surface area contributed by atoms with Gasteiger partial charge in [0.1, 0.15) is 12.7 Å². The van der Waals surface area contributed by atoms with Crippen LogP contribution in [-0.2, 0) is 33.9 Å². The number of aliphatic hydroxyl groups is 1. The molecule has 2 fully saturated rings. The zero-order chi connectivity index (χ0) is 23.6. The van der Waals surface area contributed by atoms with Gasteiger partial charge in [0.05, 0.1) is 24.2 Å². The number of alkyl halides is 3. The summed E-state index contributed by atoms with van der Waals surface area (Å²) in [7, 11) is -5.94. The molecule has 0 aromatic carbocycles. The fourth-order valence-electron chi connectivity index (χ4n) is 4.12. The molecule has 0 radical (unpaired) electrons. The minimum Gasteiger partial charge on any atom is -0.464 e. The van der Waals surface area contributed by atoms with Gasteiger partial charge in [0.2, 0.25) is 0 Å². The highest BCUT2D eigenvalue weighted by molar-refractivity contribution is 7.86. The summed E-state index contributed by atoms with van der Waals surface area (Å²) < 4.78 is 84.2. The summed E-state index contributed by atoms with van der Waals surface area (Å²) in [5.74, 6) is -2.35. The van der Waals surface area contributed by atoms with Gasteiger partial charge >= 0.3 is 27.3 Å². The number of halogens is 3. The van der Waals surface area contributed by atoms with Gasteiger partial charge in [-0.3, -0.25) is 9.35 Å². The van der Waals surface area contributed by atoms with Gasteiger partial charge in [-0.25, -0.2) is 9.18 Å². The van der Waals surface area contributed by atoms with Crippen LogP contribution in [0.2, 0.25) is 0 Å². The second-order valence-corrected chi connectivity index (χ2v) is 9.33. The maximum Gasteiger partial charge on any atom is 0.400 e. The summed E-state index contributed by atoms with van der Waals surface area (Å²) in [6.07, 6.45) is -4.30. The van der Waals surface area contributed by atoms with E-state index in [9.17, 15) is 36.3 Å². The Balaban J connectivity index is 1.87. The molecule has 2 rings (SSSR count). The fourth-order valence-corrected chi connectivity index (χ4v) is 4.56. The van der Waals surface area contributed by atoms with Gasteiger partial charge in [0, 0.05) is 18.8 Å². The van der Waals surface area contributed by atoms with E-state index in [4.69, 9.17) is 14.0 Å². The Bertz CT molecular complexity index is 769. The molecule has 1 aliphatic carbocycles. The van der Waals surface area contributed by atoms with Gasteiger partial charge in [-0.05, 0) is 19.3 Å². The largest absolute Gasteiger partial charge is 0.464 e. The summed E-state index contributed by atoms with van der Waals surface area (Å²) >= 11 is 0. The Hall–Kier alpha value is -1.44. The van der Waals surface area contributed by atoms with Crippen LogP contribution in [0.4, 0.5) is 13.2 Å². The first-order chi connectivity index (χ1) is 14.3. The van der Waals surface area contributed by atoms with Crippen LogP contribution in [0.5, 0.6) is 0 Å². The van der Waals surface area contributed by atoms with Crippen molar-refractivity contribution in [2.24, 2.45) is 11.8 Å². The first kappa shape index (κ1) is 25.8. The molecule has 1 saturated carbocycles. The molecule has 0 aromatic rings. The summed E-state index contributed by atoms with van der Waals surface area (Å²) in [6, 6.07) is 0. The van der Waals surface area contributed by atoms with Crippen molar-refractivity contribution in [1.82, 2.24) is 0 Å².